The molecule has 0 unspecified atom stereocenters. The Morgan fingerprint density at radius 3 is 2.94 bits per heavy atom. The van der Waals surface area contributed by atoms with Crippen molar-refractivity contribution in [2.24, 2.45) is 0 Å². The third-order valence-electron chi connectivity index (χ3n) is 2.27. The number of H-pyrrole nitrogens is 1. The van der Waals surface area contributed by atoms with Crippen molar-refractivity contribution in [1.82, 2.24) is 10.2 Å². The zero-order valence-electron chi connectivity index (χ0n) is 9.12. The molecule has 0 atom stereocenters. The number of nitrogens with one attached hydrogen (secondary N) is 2. The van der Waals surface area contributed by atoms with Crippen LogP contribution in [0.3, 0.4) is 0 Å². The van der Waals surface area contributed by atoms with Gasteiger partial charge >= 0.3 is 0 Å². The Morgan fingerprint density at radius 1 is 1.53 bits per heavy atom. The van der Waals surface area contributed by atoms with Crippen LogP contribution in [0.2, 0.25) is 0 Å². The molecule has 1 aromatic heterocycles. The summed E-state index contributed by atoms with van der Waals surface area (Å²) in [5, 5.41) is 8.61. The van der Waals surface area contributed by atoms with Crippen LogP contribution < -0.4 is 11.1 Å². The minimum atomic E-state index is -0.578. The van der Waals surface area contributed by atoms with Gasteiger partial charge in [-0.1, -0.05) is 11.6 Å². The molecule has 0 bridgehead atoms. The Balaban J connectivity index is 2.26. The molecule has 0 fully saturated rings. The molecule has 0 radical (unpaired) electrons. The number of aromatic amines is 1. The summed E-state index contributed by atoms with van der Waals surface area (Å²) in [5.74, 6) is -0.885. The minimum absolute atomic E-state index is 0.0287. The first kappa shape index (κ1) is 11.1. The summed E-state index contributed by atoms with van der Waals surface area (Å²) < 4.78 is 13.4. The Labute approximate surface area is 96.8 Å². The van der Waals surface area contributed by atoms with Crippen molar-refractivity contribution in [3.8, 4) is 0 Å². The van der Waals surface area contributed by atoms with Crippen molar-refractivity contribution in [3.63, 3.8) is 0 Å². The Hall–Kier alpha value is -2.37. The maximum atomic E-state index is 13.4. The molecule has 6 heteroatoms. The maximum Gasteiger partial charge on any atom is 0.259 e. The number of aryl methyl sites for hydroxylation is 1. The second-order valence-electron chi connectivity index (χ2n) is 3.64. The molecule has 88 valence electrons. The number of halogens is 1. The van der Waals surface area contributed by atoms with E-state index in [0.717, 1.165) is 5.56 Å². The summed E-state index contributed by atoms with van der Waals surface area (Å²) in [4.78, 5) is 11.8. The standard InChI is InChI=1S/C11H11FN4O/c1-6-2-3-8(12)7(4-6)11(17)15-10-9(13)5-14-16-10/h2-5H,13H2,1H3,(H2,14,15,16,17). The van der Waals surface area contributed by atoms with E-state index < -0.39 is 11.7 Å². The minimum Gasteiger partial charge on any atom is -0.394 e. The predicted octanol–water partition coefficient (Wildman–Crippen LogP) is 1.69. The molecule has 2 aromatic rings. The van der Waals surface area contributed by atoms with Crippen molar-refractivity contribution in [1.29, 1.82) is 0 Å². The first-order chi connectivity index (χ1) is 8.08. The van der Waals surface area contributed by atoms with E-state index in [2.05, 4.69) is 15.5 Å². The number of anilines is 2. The van der Waals surface area contributed by atoms with Gasteiger partial charge in [0.05, 0.1) is 17.4 Å². The molecule has 5 nitrogen and oxygen atoms in total. The highest BCUT2D eigenvalue weighted by Crippen LogP contribution is 2.16. The van der Waals surface area contributed by atoms with Gasteiger partial charge in [-0.05, 0) is 19.1 Å². The molecule has 0 saturated carbocycles. The Bertz CT molecular complexity index is 564. The predicted molar refractivity (Wildman–Crippen MR) is 62.1 cm³/mol. The van der Waals surface area contributed by atoms with Crippen LogP contribution in [-0.2, 0) is 0 Å². The maximum absolute atomic E-state index is 13.4. The first-order valence-corrected chi connectivity index (χ1v) is 4.94. The van der Waals surface area contributed by atoms with Crippen LogP contribution in [0.25, 0.3) is 0 Å². The van der Waals surface area contributed by atoms with Gasteiger partial charge in [0.15, 0.2) is 5.82 Å². The summed E-state index contributed by atoms with van der Waals surface area (Å²) in [6, 6.07) is 4.31. The topological polar surface area (TPSA) is 83.8 Å². The molecule has 1 aromatic carbocycles. The summed E-state index contributed by atoms with van der Waals surface area (Å²) in [6.45, 7) is 1.78. The molecule has 0 aliphatic heterocycles. The number of rotatable bonds is 2. The number of nitrogen functional groups attached to an aromatic ring is 1. The fraction of sp³-hybridized carbons (Fsp3) is 0.0909. The van der Waals surface area contributed by atoms with Gasteiger partial charge in [0.1, 0.15) is 5.82 Å². The fourth-order valence-electron chi connectivity index (χ4n) is 1.39. The van der Waals surface area contributed by atoms with Gasteiger partial charge < -0.3 is 11.1 Å². The monoisotopic (exact) mass is 234 g/mol. The largest absolute Gasteiger partial charge is 0.394 e. The van der Waals surface area contributed by atoms with Crippen LogP contribution in [0.1, 0.15) is 15.9 Å². The summed E-state index contributed by atoms with van der Waals surface area (Å²) >= 11 is 0. The number of aromatic nitrogens is 2. The summed E-state index contributed by atoms with van der Waals surface area (Å²) in [5.41, 5.74) is 6.60. The lowest BCUT2D eigenvalue weighted by atomic mass is 10.1. The van der Waals surface area contributed by atoms with E-state index in [-0.39, 0.29) is 11.4 Å². The lowest BCUT2D eigenvalue weighted by molar-refractivity contribution is 0.102. The average molecular weight is 234 g/mol. The molecular weight excluding hydrogens is 223 g/mol. The highest BCUT2D eigenvalue weighted by molar-refractivity contribution is 6.05. The SMILES string of the molecule is Cc1ccc(F)c(C(=O)Nc2[nH]ncc2N)c1. The molecule has 1 heterocycles. The highest BCUT2D eigenvalue weighted by atomic mass is 19.1. The third kappa shape index (κ3) is 2.25. The van der Waals surface area contributed by atoms with Crippen LogP contribution in [0.5, 0.6) is 0 Å². The van der Waals surface area contributed by atoms with E-state index in [1.807, 2.05) is 0 Å². The second-order valence-corrected chi connectivity index (χ2v) is 3.64. The molecule has 1 amide bonds. The molecule has 4 N–H and O–H groups in total. The molecule has 0 aliphatic carbocycles. The number of benzene rings is 1. The smallest absolute Gasteiger partial charge is 0.259 e. The molecule has 2 rings (SSSR count). The zero-order valence-corrected chi connectivity index (χ0v) is 9.12. The van der Waals surface area contributed by atoms with Gasteiger partial charge in [-0.3, -0.25) is 9.89 Å². The van der Waals surface area contributed by atoms with E-state index in [0.29, 0.717) is 5.69 Å². The number of nitrogens with two attached hydrogens (primary N) is 1. The third-order valence-corrected chi connectivity index (χ3v) is 2.27. The fourth-order valence-corrected chi connectivity index (χ4v) is 1.39. The van der Waals surface area contributed by atoms with Gasteiger partial charge in [-0.15, -0.1) is 0 Å². The molecule has 0 aliphatic rings. The second kappa shape index (κ2) is 4.25. The van der Waals surface area contributed by atoms with Gasteiger partial charge in [0, 0.05) is 0 Å². The van der Waals surface area contributed by atoms with Crippen molar-refractivity contribution in [2.45, 2.75) is 6.92 Å². The number of amides is 1. The van der Waals surface area contributed by atoms with Crippen molar-refractivity contribution >= 4 is 17.4 Å². The number of nitrogens with zero attached hydrogens (tertiary/aromatic N) is 1. The van der Waals surface area contributed by atoms with E-state index in [1.165, 1.54) is 18.3 Å². The van der Waals surface area contributed by atoms with Gasteiger partial charge in [0.25, 0.3) is 5.91 Å². The Kier molecular flexibility index (Phi) is 2.78. The molecule has 0 spiro atoms. The molecular formula is C11H11FN4O. The van der Waals surface area contributed by atoms with Crippen molar-refractivity contribution in [2.75, 3.05) is 11.1 Å². The normalized spacial score (nSPS) is 10.2. The average Bonchev–Trinajstić information content (AvgIpc) is 2.68. The molecule has 0 saturated heterocycles. The zero-order chi connectivity index (χ0) is 12.4. The Morgan fingerprint density at radius 2 is 2.29 bits per heavy atom. The van der Waals surface area contributed by atoms with E-state index in [9.17, 15) is 9.18 Å². The number of carbonyl (C=O) groups excluding carboxylic acids is 1. The van der Waals surface area contributed by atoms with Crippen molar-refractivity contribution in [3.05, 3.63) is 41.3 Å². The van der Waals surface area contributed by atoms with Crippen LogP contribution in [0.4, 0.5) is 15.9 Å². The van der Waals surface area contributed by atoms with Gasteiger partial charge in [-0.2, -0.15) is 5.10 Å². The van der Waals surface area contributed by atoms with E-state index >= 15 is 0 Å². The number of hydrogen-bond acceptors (Lipinski definition) is 3. The van der Waals surface area contributed by atoms with Gasteiger partial charge in [0.2, 0.25) is 0 Å². The lowest BCUT2D eigenvalue weighted by Gasteiger charge is -2.05. The lowest BCUT2D eigenvalue weighted by Crippen LogP contribution is -2.15. The van der Waals surface area contributed by atoms with E-state index in [1.54, 1.807) is 13.0 Å². The first-order valence-electron chi connectivity index (χ1n) is 4.94. The summed E-state index contributed by atoms with van der Waals surface area (Å²) in [7, 11) is 0. The molecule has 17 heavy (non-hydrogen) atoms. The van der Waals surface area contributed by atoms with Crippen LogP contribution in [0, 0.1) is 12.7 Å². The highest BCUT2D eigenvalue weighted by Gasteiger charge is 2.13. The van der Waals surface area contributed by atoms with Crippen LogP contribution in [0.15, 0.2) is 24.4 Å². The van der Waals surface area contributed by atoms with E-state index in [4.69, 9.17) is 5.73 Å². The van der Waals surface area contributed by atoms with Crippen LogP contribution >= 0.6 is 0 Å². The number of carbonyl (C=O) groups is 1. The van der Waals surface area contributed by atoms with Crippen LogP contribution in [-0.4, -0.2) is 16.1 Å². The quantitative estimate of drug-likeness (QED) is 0.739. The van der Waals surface area contributed by atoms with Gasteiger partial charge in [-0.25, -0.2) is 4.39 Å². The summed E-state index contributed by atoms with van der Waals surface area (Å²) in [6.07, 6.45) is 1.36. The number of hydrogen-bond donors (Lipinski definition) is 3. The van der Waals surface area contributed by atoms with Crippen molar-refractivity contribution < 1.29 is 9.18 Å².